The molecule has 1 aliphatic heterocycles. The van der Waals surface area contributed by atoms with E-state index in [1.807, 2.05) is 23.5 Å². The Labute approximate surface area is 132 Å². The van der Waals surface area contributed by atoms with E-state index in [2.05, 4.69) is 4.72 Å². The number of nitrogens with one attached hydrogen (secondary N) is 1. The summed E-state index contributed by atoms with van der Waals surface area (Å²) in [5, 5.41) is 0. The van der Waals surface area contributed by atoms with Crippen molar-refractivity contribution in [3.8, 4) is 0 Å². The Morgan fingerprint density at radius 2 is 1.60 bits per heavy atom. The molecule has 118 valence electrons. The van der Waals surface area contributed by atoms with E-state index in [1.54, 1.807) is 20.8 Å². The first-order valence-corrected chi connectivity index (χ1v) is 11.1. The van der Waals surface area contributed by atoms with E-state index in [4.69, 9.17) is 0 Å². The first kappa shape index (κ1) is 17.0. The van der Waals surface area contributed by atoms with Crippen molar-refractivity contribution in [3.05, 3.63) is 0 Å². The summed E-state index contributed by atoms with van der Waals surface area (Å²) in [7, 11) is -3.24. The molecule has 2 aliphatic rings. The van der Waals surface area contributed by atoms with E-state index in [0.29, 0.717) is 10.5 Å². The van der Waals surface area contributed by atoms with Gasteiger partial charge in [0.1, 0.15) is 0 Å². The Morgan fingerprint density at radius 3 is 2.20 bits per heavy atom. The van der Waals surface area contributed by atoms with Crippen LogP contribution in [0.15, 0.2) is 0 Å². The zero-order valence-corrected chi connectivity index (χ0v) is 15.2. The summed E-state index contributed by atoms with van der Waals surface area (Å²) in [6, 6.07) is 0.135. The molecule has 6 heteroatoms. The van der Waals surface area contributed by atoms with Crippen LogP contribution < -0.4 is 4.72 Å². The van der Waals surface area contributed by atoms with Gasteiger partial charge in [-0.2, -0.15) is 0 Å². The van der Waals surface area contributed by atoms with Crippen molar-refractivity contribution in [2.75, 3.05) is 11.5 Å². The molecule has 0 aromatic rings. The monoisotopic (exact) mass is 337 g/mol. The molecule has 2 rings (SSSR count). The van der Waals surface area contributed by atoms with Gasteiger partial charge in [0.15, 0.2) is 0 Å². The Bertz CT molecular complexity index is 411. The van der Waals surface area contributed by atoms with Crippen LogP contribution in [0, 0.1) is 5.92 Å². The Kier molecular flexibility index (Phi) is 5.77. The predicted molar refractivity (Wildman–Crippen MR) is 90.9 cm³/mol. The third-order valence-electron chi connectivity index (χ3n) is 4.13. The minimum atomic E-state index is -3.24. The minimum Gasteiger partial charge on any atom is -0.212 e. The standard InChI is InChI=1S/C14H27NO2S3/c1-14(2,3)20(16,17)15-12-8-5-4-7-11(12)13-18-9-6-10-19-13/h11-13,15H,4-10H2,1-3H3/t11-,12-/m0/s1. The fraction of sp³-hybridized carbons (Fsp3) is 1.00. The predicted octanol–water partition coefficient (Wildman–Crippen LogP) is 3.46. The van der Waals surface area contributed by atoms with Crippen molar-refractivity contribution in [2.45, 2.75) is 68.2 Å². The lowest BCUT2D eigenvalue weighted by Gasteiger charge is -2.39. The number of sulfonamides is 1. The number of rotatable bonds is 3. The first-order chi connectivity index (χ1) is 9.31. The van der Waals surface area contributed by atoms with Crippen LogP contribution >= 0.6 is 23.5 Å². The van der Waals surface area contributed by atoms with Crippen LogP contribution in [0.3, 0.4) is 0 Å². The van der Waals surface area contributed by atoms with Crippen LogP contribution in [-0.4, -0.2) is 35.3 Å². The van der Waals surface area contributed by atoms with Gasteiger partial charge in [0.05, 0.1) is 9.33 Å². The lowest BCUT2D eigenvalue weighted by Crippen LogP contribution is -2.50. The summed E-state index contributed by atoms with van der Waals surface area (Å²) in [5.74, 6) is 2.95. The zero-order valence-electron chi connectivity index (χ0n) is 12.7. The van der Waals surface area contributed by atoms with Gasteiger partial charge in [-0.1, -0.05) is 12.8 Å². The van der Waals surface area contributed by atoms with Crippen molar-refractivity contribution >= 4 is 33.5 Å². The lowest BCUT2D eigenvalue weighted by molar-refractivity contribution is 0.305. The summed E-state index contributed by atoms with van der Waals surface area (Å²) < 4.78 is 27.7. The van der Waals surface area contributed by atoms with Crippen molar-refractivity contribution < 1.29 is 8.42 Å². The molecule has 0 radical (unpaired) electrons. The van der Waals surface area contributed by atoms with E-state index in [-0.39, 0.29) is 6.04 Å². The third kappa shape index (κ3) is 4.08. The van der Waals surface area contributed by atoms with Crippen LogP contribution in [0.1, 0.15) is 52.9 Å². The molecule has 0 amide bonds. The second kappa shape index (κ2) is 6.80. The molecule has 0 bridgehead atoms. The molecule has 3 nitrogen and oxygen atoms in total. The Hall–Kier alpha value is 0.610. The van der Waals surface area contributed by atoms with E-state index < -0.39 is 14.8 Å². The van der Waals surface area contributed by atoms with Gasteiger partial charge in [0, 0.05) is 6.04 Å². The smallest absolute Gasteiger partial charge is 0.212 e. The van der Waals surface area contributed by atoms with E-state index in [0.717, 1.165) is 12.8 Å². The molecule has 0 spiro atoms. The molecule has 1 heterocycles. The topological polar surface area (TPSA) is 46.2 Å². The van der Waals surface area contributed by atoms with Gasteiger partial charge in [0.25, 0.3) is 0 Å². The molecule has 1 saturated heterocycles. The molecule has 2 atom stereocenters. The molecule has 1 aliphatic carbocycles. The molecule has 20 heavy (non-hydrogen) atoms. The van der Waals surface area contributed by atoms with Gasteiger partial charge in [0.2, 0.25) is 10.0 Å². The number of hydrogen-bond donors (Lipinski definition) is 1. The summed E-state index contributed by atoms with van der Waals surface area (Å²) in [6.45, 7) is 5.33. The van der Waals surface area contributed by atoms with E-state index in [1.165, 1.54) is 30.8 Å². The van der Waals surface area contributed by atoms with Gasteiger partial charge in [-0.25, -0.2) is 13.1 Å². The highest BCUT2D eigenvalue weighted by Gasteiger charge is 2.38. The lowest BCUT2D eigenvalue weighted by atomic mass is 9.86. The highest BCUT2D eigenvalue weighted by molar-refractivity contribution is 8.17. The average molecular weight is 338 g/mol. The molecular weight excluding hydrogens is 310 g/mol. The third-order valence-corrected chi connectivity index (χ3v) is 9.58. The first-order valence-electron chi connectivity index (χ1n) is 7.56. The van der Waals surface area contributed by atoms with Gasteiger partial charge in [-0.15, -0.1) is 23.5 Å². The average Bonchev–Trinajstić information content (AvgIpc) is 2.38. The van der Waals surface area contributed by atoms with Crippen molar-refractivity contribution in [1.29, 1.82) is 0 Å². The molecule has 0 aromatic heterocycles. The van der Waals surface area contributed by atoms with Gasteiger partial charge >= 0.3 is 0 Å². The summed E-state index contributed by atoms with van der Waals surface area (Å²) in [5.41, 5.74) is 0. The maximum Gasteiger partial charge on any atom is 0.216 e. The van der Waals surface area contributed by atoms with Gasteiger partial charge in [-0.05, 0) is 57.5 Å². The molecular formula is C14H27NO2S3. The summed E-state index contributed by atoms with van der Waals surface area (Å²) in [4.78, 5) is 0. The molecule has 2 fully saturated rings. The SMILES string of the molecule is CC(C)(C)S(=O)(=O)N[C@H]1CCCC[C@@H]1C1SCCCS1. The quantitative estimate of drug-likeness (QED) is 0.857. The second-order valence-corrected chi connectivity index (χ2v) is 12.0. The number of hydrogen-bond acceptors (Lipinski definition) is 4. The van der Waals surface area contributed by atoms with Crippen molar-refractivity contribution in [3.63, 3.8) is 0 Å². The van der Waals surface area contributed by atoms with Gasteiger partial charge < -0.3 is 0 Å². The van der Waals surface area contributed by atoms with Crippen LogP contribution in [-0.2, 0) is 10.0 Å². The van der Waals surface area contributed by atoms with Crippen molar-refractivity contribution in [1.82, 2.24) is 4.72 Å². The fourth-order valence-corrected chi connectivity index (χ4v) is 7.18. The minimum absolute atomic E-state index is 0.135. The number of thioether (sulfide) groups is 2. The zero-order chi connectivity index (χ0) is 14.8. The maximum atomic E-state index is 12.4. The maximum absolute atomic E-state index is 12.4. The Morgan fingerprint density at radius 1 is 1.00 bits per heavy atom. The van der Waals surface area contributed by atoms with E-state index >= 15 is 0 Å². The second-order valence-electron chi connectivity index (χ2n) is 6.75. The van der Waals surface area contributed by atoms with Crippen LogP contribution in [0.2, 0.25) is 0 Å². The van der Waals surface area contributed by atoms with E-state index in [9.17, 15) is 8.42 Å². The normalized spacial score (nSPS) is 30.4. The summed E-state index contributed by atoms with van der Waals surface area (Å²) in [6.07, 6.45) is 5.85. The molecule has 1 N–H and O–H groups in total. The van der Waals surface area contributed by atoms with Crippen molar-refractivity contribution in [2.24, 2.45) is 5.92 Å². The largest absolute Gasteiger partial charge is 0.216 e. The summed E-state index contributed by atoms with van der Waals surface area (Å²) >= 11 is 4.07. The van der Waals surface area contributed by atoms with Crippen LogP contribution in [0.25, 0.3) is 0 Å². The highest BCUT2D eigenvalue weighted by Crippen LogP contribution is 2.42. The Balaban J connectivity index is 2.07. The molecule has 1 saturated carbocycles. The fourth-order valence-electron chi connectivity index (χ4n) is 2.76. The molecule has 0 unspecified atom stereocenters. The van der Waals surface area contributed by atoms with Crippen LogP contribution in [0.4, 0.5) is 0 Å². The van der Waals surface area contributed by atoms with Crippen LogP contribution in [0.5, 0.6) is 0 Å². The van der Waals surface area contributed by atoms with Gasteiger partial charge in [-0.3, -0.25) is 0 Å². The highest BCUT2D eigenvalue weighted by atomic mass is 32.2. The molecule has 0 aromatic carbocycles.